The Morgan fingerprint density at radius 2 is 2.25 bits per heavy atom. The van der Waals surface area contributed by atoms with Gasteiger partial charge in [0.25, 0.3) is 0 Å². The summed E-state index contributed by atoms with van der Waals surface area (Å²) in [4.78, 5) is 11.2. The number of aromatic nitrogens is 2. The molecular weight excluding hydrogens is 252 g/mol. The predicted molar refractivity (Wildman–Crippen MR) is 82.3 cm³/mol. The lowest BCUT2D eigenvalue weighted by Gasteiger charge is -2.33. The fourth-order valence-electron chi connectivity index (χ4n) is 2.41. The molecule has 1 saturated heterocycles. The molecule has 0 radical (unpaired) electrons. The molecule has 1 N–H and O–H groups in total. The third kappa shape index (κ3) is 4.34. The van der Waals surface area contributed by atoms with Crippen LogP contribution in [0.15, 0.2) is 12.4 Å². The molecule has 1 atom stereocenters. The molecule has 1 fully saturated rings. The highest BCUT2D eigenvalue weighted by molar-refractivity contribution is 5.44. The van der Waals surface area contributed by atoms with Gasteiger partial charge in [0.2, 0.25) is 0 Å². The topological polar surface area (TPSA) is 50.3 Å². The van der Waals surface area contributed by atoms with E-state index >= 15 is 0 Å². The number of ether oxygens (including phenoxy) is 1. The van der Waals surface area contributed by atoms with Crippen LogP contribution in [0.2, 0.25) is 0 Å². The van der Waals surface area contributed by atoms with Crippen molar-refractivity contribution in [2.24, 2.45) is 0 Å². The Kier molecular flexibility index (Phi) is 6.05. The molecule has 0 spiro atoms. The molecule has 1 unspecified atom stereocenters. The monoisotopic (exact) mass is 278 g/mol. The van der Waals surface area contributed by atoms with Gasteiger partial charge in [-0.15, -0.1) is 0 Å². The molecule has 2 rings (SSSR count). The minimum Gasteiger partial charge on any atom is -0.376 e. The summed E-state index contributed by atoms with van der Waals surface area (Å²) in [7, 11) is 0. The lowest BCUT2D eigenvalue weighted by atomic mass is 10.1. The summed E-state index contributed by atoms with van der Waals surface area (Å²) in [5.41, 5.74) is 0. The molecule has 112 valence electrons. The van der Waals surface area contributed by atoms with E-state index in [1.165, 1.54) is 0 Å². The van der Waals surface area contributed by atoms with Gasteiger partial charge in [0.05, 0.1) is 18.5 Å². The van der Waals surface area contributed by atoms with Crippen LogP contribution < -0.4 is 10.2 Å². The molecule has 1 aliphatic rings. The van der Waals surface area contributed by atoms with Crippen LogP contribution in [-0.4, -0.2) is 42.3 Å². The fourth-order valence-corrected chi connectivity index (χ4v) is 2.41. The Balaban J connectivity index is 1.95. The van der Waals surface area contributed by atoms with Crippen molar-refractivity contribution in [1.29, 1.82) is 0 Å². The lowest BCUT2D eigenvalue weighted by molar-refractivity contribution is 0.0439. The zero-order valence-corrected chi connectivity index (χ0v) is 12.6. The van der Waals surface area contributed by atoms with Crippen LogP contribution in [0, 0.1) is 0 Å². The van der Waals surface area contributed by atoms with Gasteiger partial charge in [0.15, 0.2) is 0 Å². The van der Waals surface area contributed by atoms with Gasteiger partial charge in [-0.2, -0.15) is 0 Å². The number of anilines is 2. The van der Waals surface area contributed by atoms with Gasteiger partial charge in [-0.1, -0.05) is 13.8 Å². The summed E-state index contributed by atoms with van der Waals surface area (Å²) < 4.78 is 5.87. The van der Waals surface area contributed by atoms with Crippen molar-refractivity contribution in [2.75, 3.05) is 36.5 Å². The predicted octanol–water partition coefficient (Wildman–Crippen LogP) is 2.69. The number of rotatable bonds is 7. The highest BCUT2D eigenvalue weighted by atomic mass is 16.5. The second-order valence-corrected chi connectivity index (χ2v) is 5.27. The fraction of sp³-hybridized carbons (Fsp3) is 0.733. The number of nitrogens with one attached hydrogen (secondary N) is 1. The van der Waals surface area contributed by atoms with Crippen LogP contribution in [-0.2, 0) is 4.74 Å². The Morgan fingerprint density at radius 3 is 3.05 bits per heavy atom. The van der Waals surface area contributed by atoms with E-state index < -0.39 is 0 Å². The van der Waals surface area contributed by atoms with Gasteiger partial charge >= 0.3 is 0 Å². The Labute approximate surface area is 121 Å². The zero-order chi connectivity index (χ0) is 14.2. The number of hydrogen-bond acceptors (Lipinski definition) is 5. The Morgan fingerprint density at radius 1 is 1.35 bits per heavy atom. The van der Waals surface area contributed by atoms with Crippen LogP contribution >= 0.6 is 0 Å². The van der Waals surface area contributed by atoms with Crippen LogP contribution in [0.1, 0.15) is 39.5 Å². The van der Waals surface area contributed by atoms with Gasteiger partial charge in [-0.05, 0) is 25.7 Å². The van der Waals surface area contributed by atoms with Crippen molar-refractivity contribution in [1.82, 2.24) is 9.97 Å². The average molecular weight is 278 g/mol. The highest BCUT2D eigenvalue weighted by Crippen LogP contribution is 2.20. The normalized spacial score (nSPS) is 19.1. The number of nitrogens with zero attached hydrogens (tertiary/aromatic N) is 3. The van der Waals surface area contributed by atoms with Gasteiger partial charge in [-0.3, -0.25) is 4.98 Å². The van der Waals surface area contributed by atoms with Gasteiger partial charge < -0.3 is 15.0 Å². The van der Waals surface area contributed by atoms with Crippen molar-refractivity contribution in [3.05, 3.63) is 12.4 Å². The van der Waals surface area contributed by atoms with E-state index in [9.17, 15) is 0 Å². The van der Waals surface area contributed by atoms with Crippen molar-refractivity contribution < 1.29 is 4.74 Å². The Hall–Kier alpha value is -1.36. The minimum atomic E-state index is 0.331. The minimum absolute atomic E-state index is 0.331. The molecule has 5 heteroatoms. The molecule has 0 aliphatic carbocycles. The summed E-state index contributed by atoms with van der Waals surface area (Å²) >= 11 is 0. The van der Waals surface area contributed by atoms with Gasteiger partial charge in [0.1, 0.15) is 11.6 Å². The molecule has 1 aromatic rings. The third-order valence-electron chi connectivity index (χ3n) is 3.44. The summed E-state index contributed by atoms with van der Waals surface area (Å²) in [6.07, 6.45) is 8.43. The van der Waals surface area contributed by atoms with E-state index in [0.29, 0.717) is 6.10 Å². The quantitative estimate of drug-likeness (QED) is 0.831. The molecule has 20 heavy (non-hydrogen) atoms. The van der Waals surface area contributed by atoms with Gasteiger partial charge in [0, 0.05) is 26.2 Å². The number of piperidine rings is 1. The van der Waals surface area contributed by atoms with Crippen LogP contribution in [0.25, 0.3) is 0 Å². The standard InChI is InChI=1S/C15H26N4O/c1-3-7-17-14-10-16-11-15(18-14)19-8-5-6-13(12-19)20-9-4-2/h10-11,13H,3-9,12H2,1-2H3,(H,17,18). The maximum atomic E-state index is 5.87. The van der Waals surface area contributed by atoms with Gasteiger partial charge in [-0.25, -0.2) is 4.98 Å². The Bertz CT molecular complexity index is 399. The first-order chi connectivity index (χ1) is 9.83. The largest absolute Gasteiger partial charge is 0.376 e. The van der Waals surface area contributed by atoms with Crippen molar-refractivity contribution in [2.45, 2.75) is 45.6 Å². The molecule has 2 heterocycles. The smallest absolute Gasteiger partial charge is 0.149 e. The van der Waals surface area contributed by atoms with E-state index in [0.717, 1.165) is 63.6 Å². The molecule has 1 aliphatic heterocycles. The molecule has 0 aromatic carbocycles. The summed E-state index contributed by atoms with van der Waals surface area (Å²) in [5, 5.41) is 3.29. The molecule has 0 saturated carbocycles. The molecular formula is C15H26N4O. The first-order valence-corrected chi connectivity index (χ1v) is 7.76. The average Bonchev–Trinajstić information content (AvgIpc) is 2.51. The van der Waals surface area contributed by atoms with Crippen molar-refractivity contribution in [3.63, 3.8) is 0 Å². The van der Waals surface area contributed by atoms with Crippen molar-refractivity contribution >= 4 is 11.6 Å². The number of hydrogen-bond donors (Lipinski definition) is 1. The molecule has 0 amide bonds. The second-order valence-electron chi connectivity index (χ2n) is 5.27. The zero-order valence-electron chi connectivity index (χ0n) is 12.6. The van der Waals surface area contributed by atoms with Crippen LogP contribution in [0.5, 0.6) is 0 Å². The first kappa shape index (κ1) is 15.0. The summed E-state index contributed by atoms with van der Waals surface area (Å²) in [6, 6.07) is 0. The molecule has 0 bridgehead atoms. The second kappa shape index (κ2) is 8.04. The van der Waals surface area contributed by atoms with E-state index in [4.69, 9.17) is 4.74 Å². The third-order valence-corrected chi connectivity index (χ3v) is 3.44. The van der Waals surface area contributed by atoms with E-state index in [-0.39, 0.29) is 0 Å². The SMILES string of the molecule is CCCNc1cncc(N2CCCC(OCCC)C2)n1. The van der Waals surface area contributed by atoms with Crippen molar-refractivity contribution in [3.8, 4) is 0 Å². The van der Waals surface area contributed by atoms with E-state index in [1.54, 1.807) is 6.20 Å². The maximum absolute atomic E-state index is 5.87. The molecule has 5 nitrogen and oxygen atoms in total. The van der Waals surface area contributed by atoms with Crippen LogP contribution in [0.3, 0.4) is 0 Å². The highest BCUT2D eigenvalue weighted by Gasteiger charge is 2.21. The van der Waals surface area contributed by atoms with E-state index in [2.05, 4.69) is 34.0 Å². The van der Waals surface area contributed by atoms with E-state index in [1.807, 2.05) is 6.20 Å². The molecule has 1 aromatic heterocycles. The summed E-state index contributed by atoms with van der Waals surface area (Å²) in [6.45, 7) is 8.03. The summed E-state index contributed by atoms with van der Waals surface area (Å²) in [5.74, 6) is 1.82. The lowest BCUT2D eigenvalue weighted by Crippen LogP contribution is -2.40. The van der Waals surface area contributed by atoms with Crippen LogP contribution in [0.4, 0.5) is 11.6 Å². The maximum Gasteiger partial charge on any atom is 0.149 e. The first-order valence-electron chi connectivity index (χ1n) is 7.76.